The number of carbonyl (C=O) groups excluding carboxylic acids is 2. The normalized spacial score (nSPS) is 14.8. The molecular weight excluding hydrogens is 342 g/mol. The lowest BCUT2D eigenvalue weighted by atomic mass is 10.1. The summed E-state index contributed by atoms with van der Waals surface area (Å²) in [7, 11) is 0. The van der Waals surface area contributed by atoms with E-state index in [0.29, 0.717) is 56.4 Å². The van der Waals surface area contributed by atoms with Crippen molar-refractivity contribution in [1.82, 2.24) is 25.1 Å². The molecule has 0 atom stereocenters. The van der Waals surface area contributed by atoms with Crippen molar-refractivity contribution >= 4 is 11.8 Å². The molecule has 1 aliphatic heterocycles. The zero-order valence-corrected chi connectivity index (χ0v) is 15.8. The summed E-state index contributed by atoms with van der Waals surface area (Å²) in [6.45, 7) is 7.25. The fourth-order valence-electron chi connectivity index (χ4n) is 3.18. The molecule has 7 heteroatoms. The molecule has 1 saturated heterocycles. The van der Waals surface area contributed by atoms with Gasteiger partial charge < -0.3 is 10.2 Å². The number of likely N-dealkylation sites (N-methyl/N-ethyl adjacent to an activating group) is 1. The van der Waals surface area contributed by atoms with Crippen molar-refractivity contribution in [3.05, 3.63) is 47.9 Å². The van der Waals surface area contributed by atoms with Crippen LogP contribution in [0.1, 0.15) is 23.1 Å². The summed E-state index contributed by atoms with van der Waals surface area (Å²) >= 11 is 0. The first-order chi connectivity index (χ1) is 13.1. The van der Waals surface area contributed by atoms with Crippen molar-refractivity contribution in [1.29, 1.82) is 0 Å². The molecule has 0 saturated carbocycles. The van der Waals surface area contributed by atoms with Crippen LogP contribution < -0.4 is 5.32 Å². The zero-order chi connectivity index (χ0) is 19.2. The van der Waals surface area contributed by atoms with Gasteiger partial charge in [0.15, 0.2) is 0 Å². The third-order valence-corrected chi connectivity index (χ3v) is 4.59. The molecule has 1 aliphatic rings. The lowest BCUT2D eigenvalue weighted by Crippen LogP contribution is -2.51. The number of nitrogens with one attached hydrogen (secondary N) is 1. The Kier molecular flexibility index (Phi) is 6.13. The van der Waals surface area contributed by atoms with E-state index < -0.39 is 0 Å². The second kappa shape index (κ2) is 8.73. The molecule has 27 heavy (non-hydrogen) atoms. The number of piperazine rings is 1. The molecule has 1 aromatic carbocycles. The summed E-state index contributed by atoms with van der Waals surface area (Å²) in [5.74, 6) is 0.597. The highest BCUT2D eigenvalue weighted by atomic mass is 16.2. The van der Waals surface area contributed by atoms with Crippen LogP contribution >= 0.6 is 0 Å². The van der Waals surface area contributed by atoms with Crippen LogP contribution in [-0.2, 0) is 4.79 Å². The lowest BCUT2D eigenvalue weighted by Gasteiger charge is -2.34. The van der Waals surface area contributed by atoms with Gasteiger partial charge in [-0.2, -0.15) is 0 Å². The highest BCUT2D eigenvalue weighted by Crippen LogP contribution is 2.22. The van der Waals surface area contributed by atoms with E-state index in [0.717, 1.165) is 5.56 Å². The van der Waals surface area contributed by atoms with Crippen LogP contribution in [0.25, 0.3) is 11.3 Å². The van der Waals surface area contributed by atoms with Gasteiger partial charge in [-0.15, -0.1) is 0 Å². The van der Waals surface area contributed by atoms with Gasteiger partial charge in [-0.05, 0) is 13.8 Å². The number of benzene rings is 1. The summed E-state index contributed by atoms with van der Waals surface area (Å²) in [6.07, 6.45) is 1.62. The average molecular weight is 367 g/mol. The predicted octanol–water partition coefficient (Wildman–Crippen LogP) is 1.35. The number of hydrogen-bond acceptors (Lipinski definition) is 5. The molecule has 7 nitrogen and oxygen atoms in total. The van der Waals surface area contributed by atoms with E-state index in [9.17, 15) is 9.59 Å². The number of hydrogen-bond donors (Lipinski definition) is 1. The second-order valence-electron chi connectivity index (χ2n) is 6.57. The number of aromatic nitrogens is 2. The third kappa shape index (κ3) is 4.68. The van der Waals surface area contributed by atoms with Crippen LogP contribution in [0.5, 0.6) is 0 Å². The monoisotopic (exact) mass is 367 g/mol. The maximum Gasteiger partial charge on any atom is 0.257 e. The van der Waals surface area contributed by atoms with Crippen LogP contribution in [0.3, 0.4) is 0 Å². The minimum atomic E-state index is -0.0634. The molecule has 0 aliphatic carbocycles. The highest BCUT2D eigenvalue weighted by molar-refractivity contribution is 5.99. The van der Waals surface area contributed by atoms with Gasteiger partial charge in [0.2, 0.25) is 5.91 Å². The Morgan fingerprint density at radius 3 is 2.48 bits per heavy atom. The topological polar surface area (TPSA) is 78.4 Å². The van der Waals surface area contributed by atoms with Gasteiger partial charge >= 0.3 is 0 Å². The van der Waals surface area contributed by atoms with Gasteiger partial charge in [0, 0.05) is 44.5 Å². The minimum Gasteiger partial charge on any atom is -0.355 e. The summed E-state index contributed by atoms with van der Waals surface area (Å²) in [6, 6.07) is 9.70. The van der Waals surface area contributed by atoms with Gasteiger partial charge in [-0.3, -0.25) is 14.5 Å². The zero-order valence-electron chi connectivity index (χ0n) is 15.8. The van der Waals surface area contributed by atoms with E-state index in [4.69, 9.17) is 0 Å². The summed E-state index contributed by atoms with van der Waals surface area (Å²) in [5.41, 5.74) is 2.09. The maximum absolute atomic E-state index is 13.1. The molecular formula is C20H25N5O2. The molecule has 0 unspecified atom stereocenters. The van der Waals surface area contributed by atoms with Gasteiger partial charge in [-0.25, -0.2) is 9.97 Å². The van der Waals surface area contributed by atoms with Gasteiger partial charge in [0.1, 0.15) is 5.82 Å². The molecule has 2 amide bonds. The molecule has 2 heterocycles. The summed E-state index contributed by atoms with van der Waals surface area (Å²) in [5, 5.41) is 2.81. The Hall–Kier alpha value is -2.80. The Bertz CT molecular complexity index is 801. The van der Waals surface area contributed by atoms with E-state index in [1.54, 1.807) is 6.20 Å². The van der Waals surface area contributed by atoms with Gasteiger partial charge in [-0.1, -0.05) is 30.3 Å². The first-order valence-electron chi connectivity index (χ1n) is 9.26. The Balaban J connectivity index is 1.71. The largest absolute Gasteiger partial charge is 0.355 e. The number of amides is 2. The fourth-order valence-corrected chi connectivity index (χ4v) is 3.18. The van der Waals surface area contributed by atoms with Crippen LogP contribution in [-0.4, -0.2) is 70.9 Å². The van der Waals surface area contributed by atoms with E-state index in [1.165, 1.54) is 0 Å². The number of carbonyl (C=O) groups is 2. The summed E-state index contributed by atoms with van der Waals surface area (Å²) < 4.78 is 0. The van der Waals surface area contributed by atoms with Crippen LogP contribution in [0, 0.1) is 6.92 Å². The van der Waals surface area contributed by atoms with Crippen molar-refractivity contribution in [2.75, 3.05) is 39.3 Å². The maximum atomic E-state index is 13.1. The quantitative estimate of drug-likeness (QED) is 0.863. The lowest BCUT2D eigenvalue weighted by molar-refractivity contribution is -0.122. The first-order valence-corrected chi connectivity index (χ1v) is 9.26. The van der Waals surface area contributed by atoms with Gasteiger partial charge in [0.25, 0.3) is 5.91 Å². The SMILES string of the molecule is CCNC(=O)CN1CCN(C(=O)c2cnc(C)nc2-c2ccccc2)CC1. The highest BCUT2D eigenvalue weighted by Gasteiger charge is 2.26. The summed E-state index contributed by atoms with van der Waals surface area (Å²) in [4.78, 5) is 37.4. The number of aryl methyl sites for hydroxylation is 1. The van der Waals surface area contributed by atoms with E-state index in [1.807, 2.05) is 49.1 Å². The second-order valence-corrected chi connectivity index (χ2v) is 6.57. The Morgan fingerprint density at radius 1 is 1.11 bits per heavy atom. The van der Waals surface area contributed by atoms with Crippen molar-refractivity contribution in [3.63, 3.8) is 0 Å². The number of rotatable bonds is 5. The van der Waals surface area contributed by atoms with Crippen molar-refractivity contribution < 1.29 is 9.59 Å². The molecule has 3 rings (SSSR count). The van der Waals surface area contributed by atoms with Gasteiger partial charge in [0.05, 0.1) is 17.8 Å². The molecule has 1 fully saturated rings. The van der Waals surface area contributed by atoms with Crippen LogP contribution in [0.4, 0.5) is 0 Å². The molecule has 0 radical (unpaired) electrons. The molecule has 1 aromatic heterocycles. The smallest absolute Gasteiger partial charge is 0.257 e. The van der Waals surface area contributed by atoms with E-state index >= 15 is 0 Å². The van der Waals surface area contributed by atoms with Crippen molar-refractivity contribution in [2.45, 2.75) is 13.8 Å². The molecule has 0 bridgehead atoms. The fraction of sp³-hybridized carbons (Fsp3) is 0.400. The molecule has 2 aromatic rings. The van der Waals surface area contributed by atoms with E-state index in [-0.39, 0.29) is 11.8 Å². The Labute approximate surface area is 159 Å². The standard InChI is InChI=1S/C20H25N5O2/c1-3-21-18(26)14-24-9-11-25(12-10-24)20(27)17-13-22-15(2)23-19(17)16-7-5-4-6-8-16/h4-8,13H,3,9-12,14H2,1-2H3,(H,21,26). The van der Waals surface area contributed by atoms with Crippen LogP contribution in [0.15, 0.2) is 36.5 Å². The van der Waals surface area contributed by atoms with Crippen LogP contribution in [0.2, 0.25) is 0 Å². The minimum absolute atomic E-state index is 0.0237. The first kappa shape index (κ1) is 19.0. The Morgan fingerprint density at radius 2 is 1.81 bits per heavy atom. The molecule has 142 valence electrons. The molecule has 0 spiro atoms. The van der Waals surface area contributed by atoms with Crippen molar-refractivity contribution in [2.24, 2.45) is 0 Å². The third-order valence-electron chi connectivity index (χ3n) is 4.59. The predicted molar refractivity (Wildman–Crippen MR) is 103 cm³/mol. The van der Waals surface area contributed by atoms with E-state index in [2.05, 4.69) is 20.2 Å². The average Bonchev–Trinajstić information content (AvgIpc) is 2.69. The number of nitrogens with zero attached hydrogens (tertiary/aromatic N) is 4. The van der Waals surface area contributed by atoms with Crippen molar-refractivity contribution in [3.8, 4) is 11.3 Å². The molecule has 1 N–H and O–H groups in total.